The van der Waals surface area contributed by atoms with Gasteiger partial charge in [0.25, 0.3) is 5.91 Å². The molecule has 0 radical (unpaired) electrons. The van der Waals surface area contributed by atoms with Crippen LogP contribution in [0.2, 0.25) is 0 Å². The highest BCUT2D eigenvalue weighted by molar-refractivity contribution is 7.40. The normalized spacial score (nSPS) is 23.2. The number of piperazine rings is 1. The molecule has 0 spiro atoms. The summed E-state index contributed by atoms with van der Waals surface area (Å²) in [4.78, 5) is 28.0. The molecule has 3 atom stereocenters. The summed E-state index contributed by atoms with van der Waals surface area (Å²) in [5.41, 5.74) is 2.22. The Balaban J connectivity index is 1.38. The van der Waals surface area contributed by atoms with Crippen molar-refractivity contribution in [2.45, 2.75) is 44.2 Å². The second-order valence-corrected chi connectivity index (χ2v) is 8.16. The number of amides is 1. The second-order valence-electron chi connectivity index (χ2n) is 7.52. The van der Waals surface area contributed by atoms with Crippen molar-refractivity contribution in [3.63, 3.8) is 0 Å². The summed E-state index contributed by atoms with van der Waals surface area (Å²) in [6.45, 7) is 3.95. The van der Waals surface area contributed by atoms with Crippen LogP contribution in [0, 0.1) is 0 Å². The molecule has 6 heteroatoms. The Morgan fingerprint density at radius 2 is 1.77 bits per heavy atom. The first kappa shape index (κ1) is 19.5. The highest BCUT2D eigenvalue weighted by Gasteiger charge is 2.39. The maximum Gasteiger partial charge on any atom is 0.251 e. The third kappa shape index (κ3) is 4.91. The van der Waals surface area contributed by atoms with E-state index in [0.29, 0.717) is 24.2 Å². The lowest BCUT2D eigenvalue weighted by Gasteiger charge is -2.40. The van der Waals surface area contributed by atoms with Gasteiger partial charge in [0, 0.05) is 37.8 Å². The van der Waals surface area contributed by atoms with Crippen molar-refractivity contribution in [3.8, 4) is 0 Å². The molecule has 5 nitrogen and oxygen atoms in total. The number of carbonyl (C=O) groups excluding carboxylic acids is 2. The fraction of sp³-hybridized carbons (Fsp3) is 0.600. The topological polar surface area (TPSA) is 52.7 Å². The predicted octanol–water partition coefficient (Wildman–Crippen LogP) is 1.92. The molecular formula is C20H30N3O2P. The minimum Gasteiger partial charge on any atom is -0.355 e. The van der Waals surface area contributed by atoms with Crippen LogP contribution in [0.1, 0.15) is 41.6 Å². The molecule has 1 amide bonds. The van der Waals surface area contributed by atoms with Crippen LogP contribution in [0.25, 0.3) is 0 Å². The fourth-order valence-electron chi connectivity index (χ4n) is 4.33. The van der Waals surface area contributed by atoms with E-state index in [1.807, 2.05) is 12.1 Å². The molecule has 2 bridgehead atoms. The Labute approximate surface area is 158 Å². The number of fused-ring (bicyclic) bond motifs is 2. The van der Waals surface area contributed by atoms with Crippen molar-refractivity contribution in [2.75, 3.05) is 33.2 Å². The average Bonchev–Trinajstić information content (AvgIpc) is 2.87. The van der Waals surface area contributed by atoms with Gasteiger partial charge in [0.15, 0.2) is 5.52 Å². The van der Waals surface area contributed by atoms with E-state index in [1.54, 1.807) is 7.05 Å². The van der Waals surface area contributed by atoms with Crippen molar-refractivity contribution in [2.24, 2.45) is 0 Å². The van der Waals surface area contributed by atoms with Crippen LogP contribution in [-0.4, -0.2) is 66.5 Å². The summed E-state index contributed by atoms with van der Waals surface area (Å²) < 4.78 is 0. The first-order valence-electron chi connectivity index (χ1n) is 9.64. The Morgan fingerprint density at radius 3 is 2.35 bits per heavy atom. The standard InChI is InChI=1S/C20H30N3O2P/c1-21-20(25)16-7-5-15(6-8-16)4-2-3-11-22-12-17-9-10-18(13-22)23(17)14-19(24)26/h5-8,17-18H,2-4,9-14,26H2,1H3,(H,21,25). The van der Waals surface area contributed by atoms with Gasteiger partial charge in [-0.3, -0.25) is 14.5 Å². The van der Waals surface area contributed by atoms with Gasteiger partial charge < -0.3 is 10.2 Å². The average molecular weight is 375 g/mol. The molecule has 0 saturated carbocycles. The summed E-state index contributed by atoms with van der Waals surface area (Å²) in [5, 5.41) is 2.65. The number of nitrogens with zero attached hydrogens (tertiary/aromatic N) is 2. The van der Waals surface area contributed by atoms with Crippen LogP contribution < -0.4 is 5.32 Å². The molecule has 2 aliphatic heterocycles. The molecule has 3 unspecified atom stereocenters. The number of unbranched alkanes of at least 4 members (excludes halogenated alkanes) is 1. The number of rotatable bonds is 8. The summed E-state index contributed by atoms with van der Waals surface area (Å²) in [5.74, 6) is -0.0336. The number of nitrogens with one attached hydrogen (secondary N) is 1. The van der Waals surface area contributed by atoms with E-state index in [0.717, 1.165) is 26.1 Å². The van der Waals surface area contributed by atoms with Crippen LogP contribution in [0.15, 0.2) is 24.3 Å². The molecule has 1 aromatic carbocycles. The highest BCUT2D eigenvalue weighted by Crippen LogP contribution is 2.30. The van der Waals surface area contributed by atoms with Gasteiger partial charge in [0.2, 0.25) is 0 Å². The van der Waals surface area contributed by atoms with E-state index < -0.39 is 0 Å². The van der Waals surface area contributed by atoms with Gasteiger partial charge in [-0.2, -0.15) is 0 Å². The smallest absolute Gasteiger partial charge is 0.251 e. The number of hydrogen-bond donors (Lipinski definition) is 1. The largest absolute Gasteiger partial charge is 0.355 e. The van der Waals surface area contributed by atoms with E-state index in [1.165, 1.54) is 31.2 Å². The minimum absolute atomic E-state index is 0.0336. The van der Waals surface area contributed by atoms with Crippen LogP contribution in [0.4, 0.5) is 0 Å². The Kier molecular flexibility index (Phi) is 6.80. The number of benzene rings is 1. The first-order valence-corrected chi connectivity index (χ1v) is 10.2. The fourth-order valence-corrected chi connectivity index (χ4v) is 4.54. The Bertz CT molecular complexity index is 620. The monoisotopic (exact) mass is 375 g/mol. The minimum atomic E-state index is -0.0336. The molecule has 142 valence electrons. The van der Waals surface area contributed by atoms with E-state index in [9.17, 15) is 9.59 Å². The molecule has 26 heavy (non-hydrogen) atoms. The van der Waals surface area contributed by atoms with Gasteiger partial charge >= 0.3 is 0 Å². The molecule has 2 heterocycles. The lowest BCUT2D eigenvalue weighted by molar-refractivity contribution is -0.113. The second kappa shape index (κ2) is 9.07. The summed E-state index contributed by atoms with van der Waals surface area (Å²) >= 11 is 0. The maximum absolute atomic E-state index is 11.6. The quantitative estimate of drug-likeness (QED) is 0.557. The van der Waals surface area contributed by atoms with Crippen LogP contribution >= 0.6 is 9.24 Å². The number of aryl methyl sites for hydroxylation is 1. The van der Waals surface area contributed by atoms with E-state index in [-0.39, 0.29) is 11.4 Å². The summed E-state index contributed by atoms with van der Waals surface area (Å²) in [7, 11) is 3.97. The van der Waals surface area contributed by atoms with E-state index in [2.05, 4.69) is 36.5 Å². The van der Waals surface area contributed by atoms with Crippen LogP contribution in [0.3, 0.4) is 0 Å². The highest BCUT2D eigenvalue weighted by atomic mass is 31.0. The van der Waals surface area contributed by atoms with Crippen molar-refractivity contribution >= 4 is 20.7 Å². The number of hydrogen-bond acceptors (Lipinski definition) is 4. The zero-order chi connectivity index (χ0) is 18.5. The SMILES string of the molecule is CNC(=O)c1ccc(CCCCN2CC3CCC(C2)N3CC(=O)P)cc1. The van der Waals surface area contributed by atoms with Crippen molar-refractivity contribution in [3.05, 3.63) is 35.4 Å². The molecule has 1 aromatic rings. The van der Waals surface area contributed by atoms with Crippen molar-refractivity contribution < 1.29 is 9.59 Å². The zero-order valence-corrected chi connectivity index (χ0v) is 16.8. The van der Waals surface area contributed by atoms with Gasteiger partial charge in [-0.1, -0.05) is 21.4 Å². The molecule has 2 saturated heterocycles. The van der Waals surface area contributed by atoms with Crippen LogP contribution in [-0.2, 0) is 11.2 Å². The molecule has 2 fully saturated rings. The third-order valence-electron chi connectivity index (χ3n) is 5.68. The molecular weight excluding hydrogens is 345 g/mol. The Hall–Kier alpha value is -1.29. The zero-order valence-electron chi connectivity index (χ0n) is 15.6. The predicted molar refractivity (Wildman–Crippen MR) is 107 cm³/mol. The van der Waals surface area contributed by atoms with E-state index >= 15 is 0 Å². The lowest BCUT2D eigenvalue weighted by atomic mass is 10.1. The first-order chi connectivity index (χ1) is 12.6. The van der Waals surface area contributed by atoms with Gasteiger partial charge in [-0.15, -0.1) is 0 Å². The Morgan fingerprint density at radius 1 is 1.12 bits per heavy atom. The third-order valence-corrected chi connectivity index (χ3v) is 5.86. The number of likely N-dealkylation sites (tertiary alicyclic amines) is 1. The molecule has 3 rings (SSSR count). The molecule has 1 N–H and O–H groups in total. The molecule has 2 aliphatic rings. The van der Waals surface area contributed by atoms with Crippen molar-refractivity contribution in [1.29, 1.82) is 0 Å². The summed E-state index contributed by atoms with van der Waals surface area (Å²) in [6.07, 6.45) is 5.88. The lowest BCUT2D eigenvalue weighted by Crippen LogP contribution is -2.54. The van der Waals surface area contributed by atoms with Gasteiger partial charge in [-0.25, -0.2) is 0 Å². The van der Waals surface area contributed by atoms with Crippen LogP contribution in [0.5, 0.6) is 0 Å². The maximum atomic E-state index is 11.6. The van der Waals surface area contributed by atoms with Gasteiger partial charge in [-0.05, 0) is 56.3 Å². The van der Waals surface area contributed by atoms with E-state index in [4.69, 9.17) is 0 Å². The van der Waals surface area contributed by atoms with Gasteiger partial charge in [0.1, 0.15) is 0 Å². The summed E-state index contributed by atoms with van der Waals surface area (Å²) in [6, 6.07) is 9.05. The van der Waals surface area contributed by atoms with Crippen molar-refractivity contribution in [1.82, 2.24) is 15.1 Å². The number of carbonyl (C=O) groups is 2. The van der Waals surface area contributed by atoms with Gasteiger partial charge in [0.05, 0.1) is 6.54 Å². The molecule has 0 aromatic heterocycles. The molecule has 0 aliphatic carbocycles.